The van der Waals surface area contributed by atoms with Gasteiger partial charge in [0.15, 0.2) is 22.5 Å². The number of anilines is 1. The van der Waals surface area contributed by atoms with Gasteiger partial charge in [0, 0.05) is 17.8 Å². The molecule has 156 valence electrons. The molecule has 2 heterocycles. The second kappa shape index (κ2) is 8.66. The predicted octanol–water partition coefficient (Wildman–Crippen LogP) is 3.82. The zero-order chi connectivity index (χ0) is 21.1. The number of amides is 1. The smallest absolute Gasteiger partial charge is 0.237 e. The van der Waals surface area contributed by atoms with Crippen molar-refractivity contribution in [3.63, 3.8) is 0 Å². The molecule has 1 aliphatic rings. The van der Waals surface area contributed by atoms with Gasteiger partial charge in [0.2, 0.25) is 12.7 Å². The van der Waals surface area contributed by atoms with Gasteiger partial charge in [-0.2, -0.15) is 0 Å². The van der Waals surface area contributed by atoms with Crippen molar-refractivity contribution in [1.82, 2.24) is 14.8 Å². The van der Waals surface area contributed by atoms with E-state index in [2.05, 4.69) is 15.5 Å². The zero-order valence-corrected chi connectivity index (χ0v) is 17.7. The third-order valence-corrected chi connectivity index (χ3v) is 5.75. The lowest BCUT2D eigenvalue weighted by molar-refractivity contribution is -0.115. The number of benzene rings is 2. The number of rotatable bonds is 7. The topological polar surface area (TPSA) is 87.5 Å². The maximum absolute atomic E-state index is 12.6. The minimum atomic E-state index is -0.355. The van der Waals surface area contributed by atoms with Gasteiger partial charge in [-0.05, 0) is 56.3 Å². The average Bonchev–Trinajstić information content (AvgIpc) is 3.40. The summed E-state index contributed by atoms with van der Waals surface area (Å²) >= 11 is 1.37. The lowest BCUT2D eigenvalue weighted by Gasteiger charge is -2.13. The molecule has 1 amide bonds. The monoisotopic (exact) mass is 426 g/mol. The molecule has 0 fully saturated rings. The highest BCUT2D eigenvalue weighted by Gasteiger charge is 2.22. The molecule has 30 heavy (non-hydrogen) atoms. The summed E-state index contributed by atoms with van der Waals surface area (Å²) in [6.45, 7) is 4.76. The normalized spacial score (nSPS) is 13.2. The summed E-state index contributed by atoms with van der Waals surface area (Å²) in [5, 5.41) is 11.9. The lowest BCUT2D eigenvalue weighted by atomic mass is 10.2. The summed E-state index contributed by atoms with van der Waals surface area (Å²) in [5.41, 5.74) is 1.60. The van der Waals surface area contributed by atoms with Crippen LogP contribution < -0.4 is 19.5 Å². The zero-order valence-electron chi connectivity index (χ0n) is 16.9. The Bertz CT molecular complexity index is 1050. The number of nitrogens with zero attached hydrogens (tertiary/aromatic N) is 3. The lowest BCUT2D eigenvalue weighted by Crippen LogP contribution is -2.22. The standard InChI is InChI=1S/C21H22N4O4S/c1-4-25-19(14-5-10-17-18(11-14)29-12-28-17)23-24-21(25)30-13(2)20(26)22-15-6-8-16(27-3)9-7-15/h5-11,13H,4,12H2,1-3H3,(H,22,26)/t13-/m0/s1. The predicted molar refractivity (Wildman–Crippen MR) is 114 cm³/mol. The molecular formula is C21H22N4O4S. The molecule has 9 heteroatoms. The molecule has 0 saturated heterocycles. The van der Waals surface area contributed by atoms with Crippen LogP contribution in [0, 0.1) is 0 Å². The number of fused-ring (bicyclic) bond motifs is 1. The molecule has 2 aromatic carbocycles. The molecule has 4 rings (SSSR count). The fourth-order valence-corrected chi connectivity index (χ4v) is 3.95. The fourth-order valence-electron chi connectivity index (χ4n) is 3.04. The number of ether oxygens (including phenoxy) is 3. The Morgan fingerprint density at radius 3 is 2.70 bits per heavy atom. The van der Waals surface area contributed by atoms with Gasteiger partial charge >= 0.3 is 0 Å². The highest BCUT2D eigenvalue weighted by molar-refractivity contribution is 8.00. The summed E-state index contributed by atoms with van der Waals surface area (Å²) < 4.78 is 18.0. The molecule has 8 nitrogen and oxygen atoms in total. The molecule has 1 aromatic heterocycles. The summed E-state index contributed by atoms with van der Waals surface area (Å²) in [5.74, 6) is 2.77. The Labute approximate surface area is 178 Å². The van der Waals surface area contributed by atoms with Crippen LogP contribution in [0.5, 0.6) is 17.2 Å². The van der Waals surface area contributed by atoms with Crippen molar-refractivity contribution >= 4 is 23.4 Å². The van der Waals surface area contributed by atoms with Gasteiger partial charge in [-0.3, -0.25) is 4.79 Å². The first-order chi connectivity index (χ1) is 14.6. The highest BCUT2D eigenvalue weighted by Crippen LogP contribution is 2.36. The minimum Gasteiger partial charge on any atom is -0.497 e. The molecule has 0 unspecified atom stereocenters. The maximum atomic E-state index is 12.6. The van der Waals surface area contributed by atoms with Crippen molar-refractivity contribution in [2.75, 3.05) is 19.2 Å². The first-order valence-corrected chi connectivity index (χ1v) is 10.4. The van der Waals surface area contributed by atoms with Gasteiger partial charge in [-0.25, -0.2) is 0 Å². The van der Waals surface area contributed by atoms with Gasteiger partial charge in [0.25, 0.3) is 0 Å². The van der Waals surface area contributed by atoms with Gasteiger partial charge in [0.1, 0.15) is 5.75 Å². The van der Waals surface area contributed by atoms with Crippen LogP contribution in [0.3, 0.4) is 0 Å². The molecule has 0 spiro atoms. The largest absolute Gasteiger partial charge is 0.497 e. The second-order valence-electron chi connectivity index (χ2n) is 6.60. The van der Waals surface area contributed by atoms with E-state index in [0.29, 0.717) is 23.1 Å². The molecule has 0 aliphatic carbocycles. The Morgan fingerprint density at radius 1 is 1.20 bits per heavy atom. The number of carbonyl (C=O) groups is 1. The third kappa shape index (κ3) is 4.06. The van der Waals surface area contributed by atoms with Crippen LogP contribution in [0.4, 0.5) is 5.69 Å². The molecule has 1 N–H and O–H groups in total. The van der Waals surface area contributed by atoms with E-state index in [1.807, 2.05) is 36.6 Å². The number of hydrogen-bond donors (Lipinski definition) is 1. The first-order valence-electron chi connectivity index (χ1n) is 9.54. The molecule has 3 aromatic rings. The van der Waals surface area contributed by atoms with Crippen molar-refractivity contribution in [1.29, 1.82) is 0 Å². The van der Waals surface area contributed by atoms with E-state index >= 15 is 0 Å². The van der Waals surface area contributed by atoms with Crippen LogP contribution in [0.2, 0.25) is 0 Å². The van der Waals surface area contributed by atoms with Crippen LogP contribution in [0.15, 0.2) is 47.6 Å². The van der Waals surface area contributed by atoms with Crippen molar-refractivity contribution in [3.8, 4) is 28.6 Å². The fraction of sp³-hybridized carbons (Fsp3) is 0.286. The second-order valence-corrected chi connectivity index (χ2v) is 7.90. The molecular weight excluding hydrogens is 404 g/mol. The summed E-state index contributed by atoms with van der Waals surface area (Å²) in [4.78, 5) is 12.6. The Morgan fingerprint density at radius 2 is 1.97 bits per heavy atom. The summed E-state index contributed by atoms with van der Waals surface area (Å²) in [6.07, 6.45) is 0. The molecule has 0 saturated carbocycles. The number of carbonyl (C=O) groups excluding carboxylic acids is 1. The van der Waals surface area contributed by atoms with Crippen molar-refractivity contribution in [2.45, 2.75) is 30.8 Å². The maximum Gasteiger partial charge on any atom is 0.237 e. The van der Waals surface area contributed by atoms with E-state index in [-0.39, 0.29) is 18.0 Å². The van der Waals surface area contributed by atoms with Crippen molar-refractivity contribution < 1.29 is 19.0 Å². The van der Waals surface area contributed by atoms with Crippen LogP contribution in [0.1, 0.15) is 13.8 Å². The van der Waals surface area contributed by atoms with Crippen LogP contribution in [-0.2, 0) is 11.3 Å². The van der Waals surface area contributed by atoms with E-state index in [4.69, 9.17) is 14.2 Å². The van der Waals surface area contributed by atoms with Crippen LogP contribution in [0.25, 0.3) is 11.4 Å². The third-order valence-electron chi connectivity index (χ3n) is 4.67. The quantitative estimate of drug-likeness (QED) is 0.575. The summed E-state index contributed by atoms with van der Waals surface area (Å²) in [7, 11) is 1.61. The van der Waals surface area contributed by atoms with E-state index in [1.165, 1.54) is 11.8 Å². The summed E-state index contributed by atoms with van der Waals surface area (Å²) in [6, 6.07) is 12.9. The Kier molecular flexibility index (Phi) is 5.80. The number of methoxy groups -OCH3 is 1. The number of thioether (sulfide) groups is 1. The Hall–Kier alpha value is -3.20. The van der Waals surface area contributed by atoms with Crippen molar-refractivity contribution in [3.05, 3.63) is 42.5 Å². The number of aromatic nitrogens is 3. The molecule has 0 bridgehead atoms. The van der Waals surface area contributed by atoms with E-state index in [9.17, 15) is 4.79 Å². The van der Waals surface area contributed by atoms with Crippen LogP contribution >= 0.6 is 11.8 Å². The number of hydrogen-bond acceptors (Lipinski definition) is 7. The van der Waals surface area contributed by atoms with Gasteiger partial charge in [-0.1, -0.05) is 11.8 Å². The SMILES string of the molecule is CCn1c(S[C@@H](C)C(=O)Nc2ccc(OC)cc2)nnc1-c1ccc2c(c1)OCO2. The average molecular weight is 426 g/mol. The van der Waals surface area contributed by atoms with Gasteiger partial charge in [0.05, 0.1) is 12.4 Å². The van der Waals surface area contributed by atoms with E-state index in [1.54, 1.807) is 31.4 Å². The van der Waals surface area contributed by atoms with E-state index < -0.39 is 0 Å². The van der Waals surface area contributed by atoms with Gasteiger partial charge < -0.3 is 24.1 Å². The van der Waals surface area contributed by atoms with Gasteiger partial charge in [-0.15, -0.1) is 10.2 Å². The van der Waals surface area contributed by atoms with Crippen LogP contribution in [-0.4, -0.2) is 39.8 Å². The molecule has 1 aliphatic heterocycles. The first kappa shape index (κ1) is 20.1. The Balaban J connectivity index is 1.48. The van der Waals surface area contributed by atoms with E-state index in [0.717, 1.165) is 22.9 Å². The number of nitrogens with one attached hydrogen (secondary N) is 1. The minimum absolute atomic E-state index is 0.111. The molecule has 0 radical (unpaired) electrons. The van der Waals surface area contributed by atoms with Crippen molar-refractivity contribution in [2.24, 2.45) is 0 Å². The highest BCUT2D eigenvalue weighted by atomic mass is 32.2. The molecule has 1 atom stereocenters.